The summed E-state index contributed by atoms with van der Waals surface area (Å²) in [6.45, 7) is 17.7. The summed E-state index contributed by atoms with van der Waals surface area (Å²) in [5.74, 6) is 0.944. The normalized spacial score (nSPS) is 34.6. The maximum atomic E-state index is 13.5. The van der Waals surface area contributed by atoms with Gasteiger partial charge in [-0.3, -0.25) is 0 Å². The largest absolute Gasteiger partial charge is 0.396 e. The van der Waals surface area contributed by atoms with Crippen LogP contribution in [0.2, 0.25) is 0 Å². The van der Waals surface area contributed by atoms with Crippen LogP contribution in [0.1, 0.15) is 85.5 Å². The van der Waals surface area contributed by atoms with Crippen molar-refractivity contribution >= 4 is 9.84 Å². The van der Waals surface area contributed by atoms with Gasteiger partial charge in [0.15, 0.2) is 9.84 Å². The average molecular weight is 603 g/mol. The third kappa shape index (κ3) is 8.35. The van der Waals surface area contributed by atoms with Crippen molar-refractivity contribution in [2.24, 2.45) is 23.7 Å². The van der Waals surface area contributed by atoms with Crippen molar-refractivity contribution in [1.82, 2.24) is 0 Å². The van der Waals surface area contributed by atoms with Crippen LogP contribution in [0.25, 0.3) is 0 Å². The van der Waals surface area contributed by atoms with Crippen LogP contribution in [0.15, 0.2) is 59.5 Å². The Hall–Kier alpha value is -1.51. The molecule has 6 nitrogen and oxygen atoms in total. The molecular weight excluding hydrogens is 548 g/mol. The number of ether oxygens (including phenoxy) is 3. The summed E-state index contributed by atoms with van der Waals surface area (Å²) in [5, 5.41) is 9.17. The van der Waals surface area contributed by atoms with Gasteiger partial charge in [-0.2, -0.15) is 0 Å². The molecule has 0 spiro atoms. The van der Waals surface area contributed by atoms with Gasteiger partial charge < -0.3 is 19.3 Å². The molecule has 7 heteroatoms. The van der Waals surface area contributed by atoms with Gasteiger partial charge in [0.25, 0.3) is 0 Å². The minimum atomic E-state index is -3.46. The van der Waals surface area contributed by atoms with E-state index in [0.717, 1.165) is 62.5 Å². The van der Waals surface area contributed by atoms with Gasteiger partial charge in [0.1, 0.15) is 0 Å². The van der Waals surface area contributed by atoms with Crippen LogP contribution in [-0.4, -0.2) is 62.5 Å². The fourth-order valence-corrected chi connectivity index (χ4v) is 8.89. The molecule has 1 aromatic carbocycles. The molecule has 1 aromatic rings. The monoisotopic (exact) mass is 602 g/mol. The first-order valence-electron chi connectivity index (χ1n) is 16.2. The zero-order chi connectivity index (χ0) is 30.4. The van der Waals surface area contributed by atoms with Gasteiger partial charge in [-0.15, -0.1) is 0 Å². The average Bonchev–Trinajstić information content (AvgIpc) is 3.46. The molecule has 3 heterocycles. The maximum Gasteiger partial charge on any atom is 0.178 e. The highest BCUT2D eigenvalue weighted by Crippen LogP contribution is 2.43. The van der Waals surface area contributed by atoms with E-state index < -0.39 is 9.84 Å². The van der Waals surface area contributed by atoms with Crippen LogP contribution in [0.4, 0.5) is 0 Å². The molecule has 42 heavy (non-hydrogen) atoms. The molecular formula is C35H54O6S. The van der Waals surface area contributed by atoms with Gasteiger partial charge >= 0.3 is 0 Å². The van der Waals surface area contributed by atoms with Gasteiger partial charge in [0.05, 0.1) is 47.3 Å². The lowest BCUT2D eigenvalue weighted by atomic mass is 9.81. The van der Waals surface area contributed by atoms with E-state index in [1.807, 2.05) is 6.07 Å². The molecule has 4 rings (SSSR count). The minimum Gasteiger partial charge on any atom is -0.396 e. The second-order valence-corrected chi connectivity index (χ2v) is 15.4. The summed E-state index contributed by atoms with van der Waals surface area (Å²) in [6.07, 6.45) is 7.77. The zero-order valence-electron chi connectivity index (χ0n) is 26.2. The van der Waals surface area contributed by atoms with E-state index >= 15 is 0 Å². The second kappa shape index (κ2) is 15.0. The highest BCUT2D eigenvalue weighted by Gasteiger charge is 2.46. The Balaban J connectivity index is 1.43. The van der Waals surface area contributed by atoms with E-state index in [1.54, 1.807) is 24.3 Å². The Bertz CT molecular complexity index is 1130. The van der Waals surface area contributed by atoms with Crippen LogP contribution in [0.5, 0.6) is 0 Å². The number of sulfone groups is 1. The van der Waals surface area contributed by atoms with Gasteiger partial charge in [0.2, 0.25) is 0 Å². The van der Waals surface area contributed by atoms with Crippen molar-refractivity contribution in [3.63, 3.8) is 0 Å². The van der Waals surface area contributed by atoms with Crippen LogP contribution in [0.3, 0.4) is 0 Å². The van der Waals surface area contributed by atoms with E-state index in [-0.39, 0.29) is 60.8 Å². The van der Waals surface area contributed by atoms with Crippen molar-refractivity contribution in [1.29, 1.82) is 0 Å². The second-order valence-electron chi connectivity index (χ2n) is 13.3. The van der Waals surface area contributed by atoms with E-state index in [1.165, 1.54) is 0 Å². The van der Waals surface area contributed by atoms with E-state index in [0.29, 0.717) is 23.2 Å². The Kier molecular flexibility index (Phi) is 11.9. The summed E-state index contributed by atoms with van der Waals surface area (Å²) in [5.41, 5.74) is 2.23. The fourth-order valence-electron chi connectivity index (χ4n) is 7.11. The van der Waals surface area contributed by atoms with Crippen molar-refractivity contribution in [2.75, 3.05) is 12.4 Å². The molecule has 10 atom stereocenters. The number of rotatable bonds is 14. The Labute approximate surface area is 254 Å². The number of aliphatic hydroxyl groups is 1. The molecule has 3 aliphatic heterocycles. The lowest BCUT2D eigenvalue weighted by Gasteiger charge is -2.38. The summed E-state index contributed by atoms with van der Waals surface area (Å²) in [6, 6.07) is 8.80. The van der Waals surface area contributed by atoms with Gasteiger partial charge in [-0.05, 0) is 86.0 Å². The Morgan fingerprint density at radius 3 is 2.38 bits per heavy atom. The third-order valence-corrected chi connectivity index (χ3v) is 12.0. The summed E-state index contributed by atoms with van der Waals surface area (Å²) >= 11 is 0. The Morgan fingerprint density at radius 1 is 0.976 bits per heavy atom. The smallest absolute Gasteiger partial charge is 0.178 e. The third-order valence-electron chi connectivity index (χ3n) is 10.1. The predicted molar refractivity (Wildman–Crippen MR) is 168 cm³/mol. The molecule has 3 saturated heterocycles. The molecule has 0 aromatic heterocycles. The molecule has 236 valence electrons. The number of aliphatic hydroxyl groups excluding tert-OH is 1. The SMILES string of the molecule is C=C1C[C@H](CCCO)O[C@H]1CC[C@H]1C[C@@H](C)C(=C)[C@@H](C[C@@H]2O[C@H](C[C@H](C)CC)[C@H](C)[C@H]2CS(=O)(=O)c2ccccc2)O1. The van der Waals surface area contributed by atoms with Crippen LogP contribution in [0, 0.1) is 23.7 Å². The standard InChI is InChI=1S/C35H54O6S/c1-7-23(2)18-33-27(6)31(22-42(37,38)30-13-9-8-10-14-30)35(41-33)21-34-26(5)24(3)19-29(40-34)15-16-32-25(4)20-28(39-32)12-11-17-36/h8-10,13-14,23-24,27-29,31-36H,4-5,7,11-12,15-22H2,1-3,6H3/t23-,24-,27-,28+,29+,31-,32+,33-,34-,35+/m1/s1. The Morgan fingerprint density at radius 2 is 1.69 bits per heavy atom. The summed E-state index contributed by atoms with van der Waals surface area (Å²) in [4.78, 5) is 0.377. The molecule has 0 aliphatic carbocycles. The fraction of sp³-hybridized carbons (Fsp3) is 0.714. The highest BCUT2D eigenvalue weighted by atomic mass is 32.2. The quantitative estimate of drug-likeness (QED) is 0.233. The first kappa shape index (κ1) is 33.4. The topological polar surface area (TPSA) is 82.1 Å². The van der Waals surface area contributed by atoms with Crippen LogP contribution in [-0.2, 0) is 24.0 Å². The van der Waals surface area contributed by atoms with E-state index in [4.69, 9.17) is 19.3 Å². The predicted octanol–water partition coefficient (Wildman–Crippen LogP) is 6.92. The lowest BCUT2D eigenvalue weighted by Crippen LogP contribution is -2.38. The zero-order valence-corrected chi connectivity index (χ0v) is 27.1. The van der Waals surface area contributed by atoms with Crippen molar-refractivity contribution in [3.8, 4) is 0 Å². The molecule has 3 aliphatic rings. The summed E-state index contributed by atoms with van der Waals surface area (Å²) < 4.78 is 46.7. The molecule has 0 amide bonds. The molecule has 3 fully saturated rings. The lowest BCUT2D eigenvalue weighted by molar-refractivity contribution is -0.0737. The van der Waals surface area contributed by atoms with Gasteiger partial charge in [-0.1, -0.05) is 65.5 Å². The highest BCUT2D eigenvalue weighted by molar-refractivity contribution is 7.91. The van der Waals surface area contributed by atoms with Crippen molar-refractivity contribution in [3.05, 3.63) is 54.6 Å². The molecule has 0 radical (unpaired) electrons. The van der Waals surface area contributed by atoms with Gasteiger partial charge in [-0.25, -0.2) is 8.42 Å². The first-order chi connectivity index (χ1) is 20.0. The van der Waals surface area contributed by atoms with Gasteiger partial charge in [0, 0.05) is 18.9 Å². The number of hydrogen-bond donors (Lipinski definition) is 1. The first-order valence-corrected chi connectivity index (χ1v) is 17.9. The van der Waals surface area contributed by atoms with Crippen LogP contribution < -0.4 is 0 Å². The van der Waals surface area contributed by atoms with Crippen molar-refractivity contribution < 1.29 is 27.7 Å². The summed E-state index contributed by atoms with van der Waals surface area (Å²) in [7, 11) is -3.46. The van der Waals surface area contributed by atoms with Crippen LogP contribution >= 0.6 is 0 Å². The minimum absolute atomic E-state index is 0.0373. The molecule has 0 saturated carbocycles. The molecule has 1 N–H and O–H groups in total. The van der Waals surface area contributed by atoms with E-state index in [9.17, 15) is 8.42 Å². The van der Waals surface area contributed by atoms with Crippen molar-refractivity contribution in [2.45, 2.75) is 127 Å². The maximum absolute atomic E-state index is 13.5. The van der Waals surface area contributed by atoms with E-state index in [2.05, 4.69) is 40.9 Å². The molecule has 0 unspecified atom stereocenters. The number of hydrogen-bond acceptors (Lipinski definition) is 6. The molecule has 0 bridgehead atoms. The number of benzene rings is 1.